The average Bonchev–Trinajstić information content (AvgIpc) is 1.89. The summed E-state index contributed by atoms with van der Waals surface area (Å²) >= 11 is 0. The highest BCUT2D eigenvalue weighted by Gasteiger charge is 2.15. The summed E-state index contributed by atoms with van der Waals surface area (Å²) in [6.45, 7) is 3.92. The molecule has 0 rings (SSSR count). The summed E-state index contributed by atoms with van der Waals surface area (Å²) < 4.78 is 5.08. The van der Waals surface area contributed by atoms with Crippen molar-refractivity contribution in [2.24, 2.45) is 0 Å². The van der Waals surface area contributed by atoms with E-state index in [2.05, 4.69) is 0 Å². The first kappa shape index (κ1) is 8.50. The van der Waals surface area contributed by atoms with Gasteiger partial charge in [0.25, 0.3) is 0 Å². The lowest BCUT2D eigenvalue weighted by molar-refractivity contribution is 0.0441. The molecule has 54 valence electrons. The molecule has 0 heterocycles. The molecule has 2 nitrogen and oxygen atoms in total. The zero-order valence-corrected chi connectivity index (χ0v) is 6.22. The van der Waals surface area contributed by atoms with Gasteiger partial charge in [-0.2, -0.15) is 0 Å². The van der Waals surface area contributed by atoms with Gasteiger partial charge >= 0.3 is 0 Å². The molecule has 1 unspecified atom stereocenters. The smallest absolute Gasteiger partial charge is 0.0860 e. The third-order valence-corrected chi connectivity index (χ3v) is 1.60. The maximum absolute atomic E-state index is 8.40. The first-order valence-electron chi connectivity index (χ1n) is 3.05. The molecule has 0 amide bonds. The molecule has 0 aliphatic carbocycles. The molecule has 2 heteroatoms. The average molecular weight is 130 g/mol. The number of hydrogen-bond donors (Lipinski definition) is 1. The standard InChI is InChI=1S/C7H14O2/c1-4-7(2,9-3)5-6-8/h5-6,8H,4H2,1-3H3/b6-5+. The fraction of sp³-hybridized carbons (Fsp3) is 0.714. The number of hydrogen-bond acceptors (Lipinski definition) is 2. The maximum atomic E-state index is 8.40. The molecular weight excluding hydrogens is 116 g/mol. The fourth-order valence-corrected chi connectivity index (χ4v) is 0.488. The van der Waals surface area contributed by atoms with Gasteiger partial charge in [0, 0.05) is 7.11 Å². The SMILES string of the molecule is CCC(C)(/C=C/O)OC. The maximum Gasteiger partial charge on any atom is 0.0860 e. The van der Waals surface area contributed by atoms with E-state index in [9.17, 15) is 0 Å². The molecule has 0 aromatic heterocycles. The van der Waals surface area contributed by atoms with Gasteiger partial charge in [0.05, 0.1) is 11.9 Å². The summed E-state index contributed by atoms with van der Waals surface area (Å²) in [6, 6.07) is 0. The van der Waals surface area contributed by atoms with Crippen molar-refractivity contribution in [2.45, 2.75) is 25.9 Å². The van der Waals surface area contributed by atoms with Gasteiger partial charge in [-0.25, -0.2) is 0 Å². The van der Waals surface area contributed by atoms with Gasteiger partial charge in [0.1, 0.15) is 0 Å². The van der Waals surface area contributed by atoms with Crippen molar-refractivity contribution in [3.8, 4) is 0 Å². The number of aliphatic hydroxyl groups excluding tert-OH is 1. The van der Waals surface area contributed by atoms with Crippen molar-refractivity contribution >= 4 is 0 Å². The van der Waals surface area contributed by atoms with E-state index in [-0.39, 0.29) is 5.60 Å². The molecule has 0 aromatic rings. The Bertz CT molecular complexity index is 93.1. The van der Waals surface area contributed by atoms with Crippen molar-refractivity contribution in [3.63, 3.8) is 0 Å². The van der Waals surface area contributed by atoms with Gasteiger partial charge in [0.2, 0.25) is 0 Å². The largest absolute Gasteiger partial charge is 0.516 e. The summed E-state index contributed by atoms with van der Waals surface area (Å²) in [6.07, 6.45) is 3.51. The Morgan fingerprint density at radius 2 is 2.22 bits per heavy atom. The van der Waals surface area contributed by atoms with E-state index in [0.29, 0.717) is 0 Å². The van der Waals surface area contributed by atoms with Crippen LogP contribution in [-0.4, -0.2) is 17.8 Å². The van der Waals surface area contributed by atoms with E-state index in [4.69, 9.17) is 9.84 Å². The van der Waals surface area contributed by atoms with Crippen molar-refractivity contribution in [1.29, 1.82) is 0 Å². The number of methoxy groups -OCH3 is 1. The molecule has 1 N–H and O–H groups in total. The first-order valence-corrected chi connectivity index (χ1v) is 3.05. The van der Waals surface area contributed by atoms with Gasteiger partial charge in [-0.3, -0.25) is 0 Å². The number of aliphatic hydroxyl groups is 1. The normalized spacial score (nSPS) is 18.1. The lowest BCUT2D eigenvalue weighted by atomic mass is 10.0. The van der Waals surface area contributed by atoms with Crippen LogP contribution in [-0.2, 0) is 4.74 Å². The molecule has 0 saturated carbocycles. The third-order valence-electron chi connectivity index (χ3n) is 1.60. The van der Waals surface area contributed by atoms with Crippen LogP contribution in [0.5, 0.6) is 0 Å². The summed E-state index contributed by atoms with van der Waals surface area (Å²) in [4.78, 5) is 0. The van der Waals surface area contributed by atoms with E-state index in [1.54, 1.807) is 13.2 Å². The molecule has 0 saturated heterocycles. The third kappa shape index (κ3) is 2.51. The lowest BCUT2D eigenvalue weighted by Crippen LogP contribution is -2.22. The van der Waals surface area contributed by atoms with Gasteiger partial charge in [-0.15, -0.1) is 0 Å². The van der Waals surface area contributed by atoms with Gasteiger partial charge in [0.15, 0.2) is 0 Å². The minimum atomic E-state index is -0.297. The van der Waals surface area contributed by atoms with Crippen LogP contribution in [0.4, 0.5) is 0 Å². The molecule has 0 aliphatic rings. The van der Waals surface area contributed by atoms with Crippen LogP contribution in [0, 0.1) is 0 Å². The van der Waals surface area contributed by atoms with Crippen molar-refractivity contribution in [3.05, 3.63) is 12.3 Å². The quantitative estimate of drug-likeness (QED) is 0.591. The Kier molecular flexibility index (Phi) is 3.32. The second-order valence-electron chi connectivity index (χ2n) is 2.19. The van der Waals surface area contributed by atoms with E-state index in [1.807, 2.05) is 13.8 Å². The van der Waals surface area contributed by atoms with Crippen LogP contribution < -0.4 is 0 Å². The van der Waals surface area contributed by atoms with Gasteiger partial charge in [-0.1, -0.05) is 6.92 Å². The highest BCUT2D eigenvalue weighted by molar-refractivity contribution is 4.94. The Balaban J connectivity index is 3.92. The predicted octanol–water partition coefficient (Wildman–Crippen LogP) is 1.87. The van der Waals surface area contributed by atoms with E-state index < -0.39 is 0 Å². The fourth-order valence-electron chi connectivity index (χ4n) is 0.488. The Morgan fingerprint density at radius 3 is 2.33 bits per heavy atom. The lowest BCUT2D eigenvalue weighted by Gasteiger charge is -2.21. The highest BCUT2D eigenvalue weighted by Crippen LogP contribution is 2.14. The Hall–Kier alpha value is -0.500. The predicted molar refractivity (Wildman–Crippen MR) is 37.5 cm³/mol. The summed E-state index contributed by atoms with van der Waals surface area (Å²) in [5.74, 6) is 0. The molecule has 0 aliphatic heterocycles. The minimum Gasteiger partial charge on any atom is -0.516 e. The second-order valence-corrected chi connectivity index (χ2v) is 2.19. The zero-order valence-electron chi connectivity index (χ0n) is 6.22. The Labute approximate surface area is 56.1 Å². The van der Waals surface area contributed by atoms with E-state index >= 15 is 0 Å². The number of ether oxygens (including phenoxy) is 1. The molecule has 1 atom stereocenters. The summed E-state index contributed by atoms with van der Waals surface area (Å²) in [5, 5.41) is 8.40. The summed E-state index contributed by atoms with van der Waals surface area (Å²) in [7, 11) is 1.63. The second kappa shape index (κ2) is 3.51. The minimum absolute atomic E-state index is 0.297. The van der Waals surface area contributed by atoms with E-state index in [1.165, 1.54) is 0 Å². The van der Waals surface area contributed by atoms with Crippen LogP contribution in [0.3, 0.4) is 0 Å². The molecule has 0 fully saturated rings. The topological polar surface area (TPSA) is 29.5 Å². The van der Waals surface area contributed by atoms with Crippen LogP contribution in [0.1, 0.15) is 20.3 Å². The first-order chi connectivity index (χ1) is 4.18. The number of rotatable bonds is 3. The van der Waals surface area contributed by atoms with Crippen LogP contribution in [0.15, 0.2) is 12.3 Å². The molecule has 0 aromatic carbocycles. The molecule has 0 bridgehead atoms. The van der Waals surface area contributed by atoms with Crippen molar-refractivity contribution < 1.29 is 9.84 Å². The molecule has 9 heavy (non-hydrogen) atoms. The van der Waals surface area contributed by atoms with E-state index in [0.717, 1.165) is 12.7 Å². The zero-order chi connectivity index (χ0) is 7.33. The van der Waals surface area contributed by atoms with Crippen LogP contribution >= 0.6 is 0 Å². The van der Waals surface area contributed by atoms with Gasteiger partial charge in [-0.05, 0) is 19.4 Å². The summed E-state index contributed by atoms with van der Waals surface area (Å²) in [5.41, 5.74) is -0.297. The Morgan fingerprint density at radius 1 is 1.67 bits per heavy atom. The van der Waals surface area contributed by atoms with Crippen molar-refractivity contribution in [1.82, 2.24) is 0 Å². The molecule has 0 spiro atoms. The van der Waals surface area contributed by atoms with Crippen LogP contribution in [0.25, 0.3) is 0 Å². The molecular formula is C7H14O2. The van der Waals surface area contributed by atoms with Crippen LogP contribution in [0.2, 0.25) is 0 Å². The highest BCUT2D eigenvalue weighted by atomic mass is 16.5. The monoisotopic (exact) mass is 130 g/mol. The van der Waals surface area contributed by atoms with Crippen molar-refractivity contribution in [2.75, 3.05) is 7.11 Å². The molecule has 0 radical (unpaired) electrons. The van der Waals surface area contributed by atoms with Gasteiger partial charge < -0.3 is 9.84 Å².